The van der Waals surface area contributed by atoms with E-state index in [1.54, 1.807) is 36.4 Å². The fraction of sp³-hybridized carbons (Fsp3) is 0.267. The molecule has 1 heterocycles. The summed E-state index contributed by atoms with van der Waals surface area (Å²) in [6, 6.07) is 18.6. The summed E-state index contributed by atoms with van der Waals surface area (Å²) in [5, 5.41) is 11.8. The second kappa shape index (κ2) is 10.3. The third kappa shape index (κ3) is 5.07. The minimum absolute atomic E-state index is 0.0455. The average molecular weight is 520 g/mol. The number of amides is 1. The second-order valence-corrected chi connectivity index (χ2v) is 10.3. The highest BCUT2D eigenvalue weighted by Gasteiger charge is 2.47. The fourth-order valence-electron chi connectivity index (χ4n) is 4.48. The first kappa shape index (κ1) is 26.3. The van der Waals surface area contributed by atoms with Gasteiger partial charge in [0.15, 0.2) is 0 Å². The van der Waals surface area contributed by atoms with Crippen LogP contribution in [0.25, 0.3) is 5.76 Å². The maximum Gasteiger partial charge on any atom is 0.300 e. The molecule has 0 spiro atoms. The van der Waals surface area contributed by atoms with Crippen molar-refractivity contribution >= 4 is 34.7 Å². The van der Waals surface area contributed by atoms with Gasteiger partial charge in [-0.25, -0.2) is 0 Å². The zero-order valence-corrected chi connectivity index (χ0v) is 22.3. The quantitative estimate of drug-likeness (QED) is 0.223. The van der Waals surface area contributed by atoms with Crippen LogP contribution in [0, 0.1) is 0 Å². The number of ether oxygens (including phenoxy) is 2. The Balaban J connectivity index is 1.96. The van der Waals surface area contributed by atoms with Crippen LogP contribution in [-0.2, 0) is 15.0 Å². The van der Waals surface area contributed by atoms with Crippen molar-refractivity contribution in [3.8, 4) is 11.5 Å². The number of Topliss-reactive ketones (excluding diaryl/α,β-unsaturated/α-hetero) is 1. The predicted octanol–water partition coefficient (Wildman–Crippen LogP) is 6.67. The zero-order chi connectivity index (χ0) is 26.9. The molecule has 0 saturated carbocycles. The molecule has 1 atom stereocenters. The lowest BCUT2D eigenvalue weighted by atomic mass is 9.85. The number of rotatable bonds is 6. The molecule has 0 aromatic heterocycles. The first-order chi connectivity index (χ1) is 17.6. The van der Waals surface area contributed by atoms with Crippen LogP contribution in [0.3, 0.4) is 0 Å². The van der Waals surface area contributed by atoms with Crippen LogP contribution in [0.5, 0.6) is 11.5 Å². The van der Waals surface area contributed by atoms with Crippen LogP contribution in [0.2, 0.25) is 5.02 Å². The van der Waals surface area contributed by atoms with Crippen molar-refractivity contribution in [3.63, 3.8) is 0 Å². The van der Waals surface area contributed by atoms with Crippen LogP contribution in [-0.4, -0.2) is 30.5 Å². The highest BCUT2D eigenvalue weighted by molar-refractivity contribution is 6.51. The maximum absolute atomic E-state index is 13.5. The minimum Gasteiger partial charge on any atom is -0.507 e. The average Bonchev–Trinajstić information content (AvgIpc) is 3.13. The van der Waals surface area contributed by atoms with Crippen molar-refractivity contribution in [2.24, 2.45) is 0 Å². The smallest absolute Gasteiger partial charge is 0.300 e. The van der Waals surface area contributed by atoms with E-state index in [1.165, 1.54) is 18.1 Å². The van der Waals surface area contributed by atoms with Crippen molar-refractivity contribution in [2.75, 3.05) is 18.6 Å². The molecule has 3 aromatic rings. The Kier molecular flexibility index (Phi) is 7.32. The van der Waals surface area contributed by atoms with Crippen LogP contribution < -0.4 is 14.4 Å². The SMILES string of the molecule is CCOc1cccc(N2C(=O)C(=O)/C(=C(/O)c3cc(Cl)ccc3OC)C2c2ccc(C(C)(C)C)cc2)c1. The van der Waals surface area contributed by atoms with Gasteiger partial charge in [0.2, 0.25) is 0 Å². The van der Waals surface area contributed by atoms with Gasteiger partial charge in [0, 0.05) is 16.8 Å². The van der Waals surface area contributed by atoms with Crippen LogP contribution >= 0.6 is 11.6 Å². The highest BCUT2D eigenvalue weighted by Crippen LogP contribution is 2.44. The number of benzene rings is 3. The summed E-state index contributed by atoms with van der Waals surface area (Å²) in [4.78, 5) is 28.4. The molecule has 6 nitrogen and oxygen atoms in total. The van der Waals surface area contributed by atoms with Gasteiger partial charge in [-0.15, -0.1) is 0 Å². The predicted molar refractivity (Wildman–Crippen MR) is 146 cm³/mol. The Morgan fingerprint density at radius 3 is 2.35 bits per heavy atom. The van der Waals surface area contributed by atoms with Gasteiger partial charge in [0.05, 0.1) is 30.9 Å². The molecule has 1 aliphatic rings. The number of carbonyl (C=O) groups excluding carboxylic acids is 2. The first-order valence-electron chi connectivity index (χ1n) is 12.0. The molecule has 192 valence electrons. The molecule has 37 heavy (non-hydrogen) atoms. The number of ketones is 1. The molecule has 1 aliphatic heterocycles. The van der Waals surface area contributed by atoms with E-state index >= 15 is 0 Å². The number of aliphatic hydroxyl groups is 1. The van der Waals surface area contributed by atoms with Crippen LogP contribution in [0.1, 0.15) is 50.4 Å². The van der Waals surface area contributed by atoms with E-state index in [2.05, 4.69) is 20.8 Å². The molecule has 0 bridgehead atoms. The van der Waals surface area contributed by atoms with E-state index in [0.29, 0.717) is 34.4 Å². The largest absolute Gasteiger partial charge is 0.507 e. The number of halogens is 1. The monoisotopic (exact) mass is 519 g/mol. The van der Waals surface area contributed by atoms with E-state index in [1.807, 2.05) is 31.2 Å². The summed E-state index contributed by atoms with van der Waals surface area (Å²) in [7, 11) is 1.46. The molecular weight excluding hydrogens is 490 g/mol. The topological polar surface area (TPSA) is 76.1 Å². The van der Waals surface area contributed by atoms with Crippen molar-refractivity contribution in [3.05, 3.63) is 94.0 Å². The van der Waals surface area contributed by atoms with Crippen molar-refractivity contribution in [1.29, 1.82) is 0 Å². The summed E-state index contributed by atoms with van der Waals surface area (Å²) in [6.07, 6.45) is 0. The minimum atomic E-state index is -0.880. The van der Waals surface area contributed by atoms with Gasteiger partial charge in [-0.3, -0.25) is 14.5 Å². The lowest BCUT2D eigenvalue weighted by molar-refractivity contribution is -0.132. The normalized spacial score (nSPS) is 17.2. The van der Waals surface area contributed by atoms with Crippen molar-refractivity contribution < 1.29 is 24.2 Å². The van der Waals surface area contributed by atoms with E-state index in [9.17, 15) is 14.7 Å². The van der Waals surface area contributed by atoms with Crippen molar-refractivity contribution in [2.45, 2.75) is 39.2 Å². The molecule has 4 rings (SSSR count). The lowest BCUT2D eigenvalue weighted by Gasteiger charge is -2.27. The van der Waals surface area contributed by atoms with Gasteiger partial charge in [0.1, 0.15) is 17.3 Å². The van der Waals surface area contributed by atoms with Gasteiger partial charge in [-0.1, -0.05) is 62.7 Å². The Labute approximate surface area is 222 Å². The Bertz CT molecular complexity index is 1370. The number of carbonyl (C=O) groups is 2. The molecule has 1 unspecified atom stereocenters. The maximum atomic E-state index is 13.5. The van der Waals surface area contributed by atoms with Crippen LogP contribution in [0.15, 0.2) is 72.3 Å². The van der Waals surface area contributed by atoms with Crippen molar-refractivity contribution in [1.82, 2.24) is 0 Å². The number of hydrogen-bond acceptors (Lipinski definition) is 5. The fourth-order valence-corrected chi connectivity index (χ4v) is 4.65. The Morgan fingerprint density at radius 1 is 1.03 bits per heavy atom. The summed E-state index contributed by atoms with van der Waals surface area (Å²) < 4.78 is 11.0. The second-order valence-electron chi connectivity index (χ2n) is 9.82. The first-order valence-corrected chi connectivity index (χ1v) is 12.4. The van der Waals surface area contributed by atoms with Gasteiger partial charge in [-0.05, 0) is 53.8 Å². The van der Waals surface area contributed by atoms with E-state index in [-0.39, 0.29) is 22.3 Å². The van der Waals surface area contributed by atoms with Gasteiger partial charge < -0.3 is 14.6 Å². The number of hydrogen-bond donors (Lipinski definition) is 1. The third-order valence-electron chi connectivity index (χ3n) is 6.36. The van der Waals surface area contributed by atoms with Gasteiger partial charge in [-0.2, -0.15) is 0 Å². The summed E-state index contributed by atoms with van der Waals surface area (Å²) in [6.45, 7) is 8.65. The zero-order valence-electron chi connectivity index (χ0n) is 21.5. The van der Waals surface area contributed by atoms with Gasteiger partial charge >= 0.3 is 0 Å². The van der Waals surface area contributed by atoms with Gasteiger partial charge in [0.25, 0.3) is 11.7 Å². The summed E-state index contributed by atoms with van der Waals surface area (Å²) in [5.41, 5.74) is 2.36. The van der Waals surface area contributed by atoms with E-state index in [4.69, 9.17) is 21.1 Å². The standard InChI is InChI=1S/C30H30ClNO5/c1-6-37-22-9-7-8-21(17-22)32-26(18-10-12-19(13-11-18)30(2,3)4)25(28(34)29(32)35)27(33)23-16-20(31)14-15-24(23)36-5/h7-17,26,33H,6H2,1-5H3/b27-25+. The summed E-state index contributed by atoms with van der Waals surface area (Å²) in [5.74, 6) is -1.01. The summed E-state index contributed by atoms with van der Waals surface area (Å²) >= 11 is 6.21. The Hall–Kier alpha value is -3.77. The number of methoxy groups -OCH3 is 1. The third-order valence-corrected chi connectivity index (χ3v) is 6.60. The molecule has 0 radical (unpaired) electrons. The number of nitrogens with zero attached hydrogens (tertiary/aromatic N) is 1. The molecule has 1 fully saturated rings. The molecule has 1 amide bonds. The van der Waals surface area contributed by atoms with E-state index < -0.39 is 17.7 Å². The number of aliphatic hydroxyl groups excluding tert-OH is 1. The highest BCUT2D eigenvalue weighted by atomic mass is 35.5. The Morgan fingerprint density at radius 2 is 1.73 bits per heavy atom. The molecule has 0 aliphatic carbocycles. The lowest BCUT2D eigenvalue weighted by Crippen LogP contribution is -2.29. The number of anilines is 1. The molecule has 7 heteroatoms. The van der Waals surface area contributed by atoms with Crippen LogP contribution in [0.4, 0.5) is 5.69 Å². The molecule has 3 aromatic carbocycles. The van der Waals surface area contributed by atoms with E-state index in [0.717, 1.165) is 5.56 Å². The molecular formula is C30H30ClNO5. The molecule has 1 saturated heterocycles. The molecule has 1 N–H and O–H groups in total.